The number of fused-ring (bicyclic) bond motifs is 2. The van der Waals surface area contributed by atoms with Crippen molar-refractivity contribution in [2.24, 2.45) is 0 Å². The number of nitrogens with one attached hydrogen (secondary N) is 1. The quantitative estimate of drug-likeness (QED) is 0.289. The molecule has 1 heterocycles. The molecule has 0 unspecified atom stereocenters. The molecule has 0 bridgehead atoms. The van der Waals surface area contributed by atoms with E-state index < -0.39 is 0 Å². The number of aromatic amines is 1. The van der Waals surface area contributed by atoms with Crippen molar-refractivity contribution in [2.75, 3.05) is 0 Å². The van der Waals surface area contributed by atoms with Gasteiger partial charge in [0.2, 0.25) is 0 Å². The first-order valence-corrected chi connectivity index (χ1v) is 7.43. The summed E-state index contributed by atoms with van der Waals surface area (Å²) in [4.78, 5) is 6.24. The van der Waals surface area contributed by atoms with E-state index in [9.17, 15) is 0 Å². The number of hydrogen-bond acceptors (Lipinski definition) is 0. The van der Waals surface area contributed by atoms with Crippen molar-refractivity contribution >= 4 is 26.5 Å². The molecule has 0 aliphatic carbocycles. The maximum absolute atomic E-state index is 3.25. The Bertz CT molecular complexity index is 650. The molecule has 0 saturated carbocycles. The van der Waals surface area contributed by atoms with E-state index in [1.165, 1.54) is 16.2 Å². The molecule has 0 aliphatic heterocycles. The summed E-state index contributed by atoms with van der Waals surface area (Å²) in [5, 5.41) is 3.88. The predicted octanol–water partition coefficient (Wildman–Crippen LogP) is -1.50. The fourth-order valence-corrected chi connectivity index (χ4v) is 2.00. The molecule has 0 spiro atoms. The minimum Gasteiger partial charge on any atom is -1.00 e. The monoisotopic (exact) mass is 363 g/mol. The number of H-pyrrole nitrogens is 1. The molecule has 1 N–H and O–H groups in total. The Labute approximate surface area is 154 Å². The van der Waals surface area contributed by atoms with Crippen molar-refractivity contribution in [3.8, 4) is 0 Å². The third-order valence-corrected chi connectivity index (χ3v) is 2.94. The van der Waals surface area contributed by atoms with Gasteiger partial charge in [0.15, 0.2) is 0 Å². The van der Waals surface area contributed by atoms with E-state index >= 15 is 0 Å². The van der Waals surface area contributed by atoms with Crippen LogP contribution in [0.2, 0.25) is 0 Å². The Morgan fingerprint density at radius 1 is 0.864 bits per heavy atom. The fraction of sp³-hybridized carbons (Fsp3) is 0. The van der Waals surface area contributed by atoms with Crippen molar-refractivity contribution < 1.29 is 44.8 Å². The largest absolute Gasteiger partial charge is 1.00 e. The van der Waals surface area contributed by atoms with Crippen molar-refractivity contribution in [1.29, 1.82) is 0 Å². The third kappa shape index (κ3) is 5.51. The van der Waals surface area contributed by atoms with Crippen molar-refractivity contribution in [3.63, 3.8) is 0 Å². The molecule has 3 aromatic carbocycles. The van der Waals surface area contributed by atoms with Gasteiger partial charge in [0, 0.05) is 0 Å². The third-order valence-electron chi connectivity index (χ3n) is 2.94. The zero-order chi connectivity index (χ0) is 14.2. The number of rotatable bonds is 0. The van der Waals surface area contributed by atoms with Gasteiger partial charge in [-0.05, 0) is 0 Å². The van der Waals surface area contributed by atoms with Gasteiger partial charge in [0.05, 0.1) is 0 Å². The maximum atomic E-state index is 3.25. The first-order chi connectivity index (χ1) is 9.93. The molecule has 0 aliphatic rings. The summed E-state index contributed by atoms with van der Waals surface area (Å²) >= 11 is 1.75. The first kappa shape index (κ1) is 20.8. The number of hydrogen-bond donors (Lipinski definition) is 1. The summed E-state index contributed by atoms with van der Waals surface area (Å²) in [6.07, 6.45) is 2.91. The van der Waals surface area contributed by atoms with Crippen molar-refractivity contribution in [2.45, 2.75) is 0 Å². The smallest absolute Gasteiger partial charge is 0.0745 e. The van der Waals surface area contributed by atoms with Gasteiger partial charge < -0.3 is 29.8 Å². The first-order valence-electron chi connectivity index (χ1n) is 6.33. The van der Waals surface area contributed by atoms with Crippen molar-refractivity contribution in [1.82, 2.24) is 4.98 Å². The van der Waals surface area contributed by atoms with Crippen LogP contribution in [-0.4, -0.2) is 9.80 Å². The molecule has 0 radical (unpaired) electrons. The van der Waals surface area contributed by atoms with Crippen LogP contribution in [0, 0.1) is 6.20 Å². The van der Waals surface area contributed by atoms with Gasteiger partial charge in [0.25, 0.3) is 0 Å². The Morgan fingerprint density at radius 3 is 2.18 bits per heavy atom. The second-order valence-electron chi connectivity index (χ2n) is 4.16. The second-order valence-corrected chi connectivity index (χ2v) is 4.16. The summed E-state index contributed by atoms with van der Waals surface area (Å²) in [6.45, 7) is 0. The Balaban J connectivity index is 0.000000334. The SMILES string of the molecule is [CH2]=[Ti+2].[Cl-].[Cl-].[c-]1cc2ccccc2[nH]1.c1ccc2[cH-]ccc2c1. The van der Waals surface area contributed by atoms with Gasteiger partial charge in [-0.1, -0.05) is 18.2 Å². The van der Waals surface area contributed by atoms with E-state index in [1.807, 2.05) is 24.3 Å². The van der Waals surface area contributed by atoms with E-state index in [0.29, 0.717) is 0 Å². The van der Waals surface area contributed by atoms with E-state index in [0.717, 1.165) is 5.52 Å². The van der Waals surface area contributed by atoms with E-state index in [1.54, 1.807) is 20.0 Å². The van der Waals surface area contributed by atoms with Gasteiger partial charge >= 0.3 is 24.8 Å². The molecular formula is C18H15Cl2NTi-2. The van der Waals surface area contributed by atoms with E-state index in [4.69, 9.17) is 0 Å². The van der Waals surface area contributed by atoms with Crippen LogP contribution >= 0.6 is 0 Å². The number of para-hydroxylation sites is 1. The summed E-state index contributed by atoms with van der Waals surface area (Å²) in [5.41, 5.74) is 1.15. The van der Waals surface area contributed by atoms with Crippen LogP contribution in [-0.2, 0) is 20.0 Å². The molecule has 112 valence electrons. The van der Waals surface area contributed by atoms with Crippen LogP contribution in [0.15, 0.2) is 72.8 Å². The molecule has 1 nitrogen and oxygen atoms in total. The molecular weight excluding hydrogens is 349 g/mol. The van der Waals surface area contributed by atoms with Gasteiger partial charge in [-0.25, -0.2) is 0 Å². The zero-order valence-corrected chi connectivity index (χ0v) is 15.0. The second kappa shape index (κ2) is 11.3. The molecule has 0 fully saturated rings. The summed E-state index contributed by atoms with van der Waals surface area (Å²) in [6, 6.07) is 24.7. The average Bonchev–Trinajstić information content (AvgIpc) is 3.18. The normalized spacial score (nSPS) is 8.64. The number of aromatic nitrogens is 1. The standard InChI is InChI=1S/C9H7.C8H6N.CH2.2ClH.Ti/c1-2-5-9-7-3-6-8(9)4-1;1-2-4-8-7(3-1)5-6-9-8;;;;/h1-7H;1-5,9H;1H2;2*1H;/q2*-1;;;;+2/p-2. The minimum absolute atomic E-state index is 0. The van der Waals surface area contributed by atoms with Gasteiger partial charge in [0.1, 0.15) is 0 Å². The summed E-state index contributed by atoms with van der Waals surface area (Å²) in [7, 11) is 0. The molecule has 4 rings (SSSR count). The zero-order valence-electron chi connectivity index (χ0n) is 11.9. The molecule has 0 amide bonds. The maximum Gasteiger partial charge on any atom is -0.0745 e. The molecule has 1 aromatic heterocycles. The fourth-order valence-electron chi connectivity index (χ4n) is 2.00. The Morgan fingerprint density at radius 2 is 1.50 bits per heavy atom. The van der Waals surface area contributed by atoms with Crippen LogP contribution in [0.1, 0.15) is 0 Å². The molecule has 0 saturated heterocycles. The van der Waals surface area contributed by atoms with Crippen LogP contribution < -0.4 is 24.8 Å². The van der Waals surface area contributed by atoms with Crippen molar-refractivity contribution in [3.05, 3.63) is 79.0 Å². The van der Waals surface area contributed by atoms with E-state index in [2.05, 4.69) is 64.5 Å². The molecule has 22 heavy (non-hydrogen) atoms. The molecule has 4 heteroatoms. The van der Waals surface area contributed by atoms with Gasteiger partial charge in [-0.15, -0.1) is 53.5 Å². The van der Waals surface area contributed by atoms with Crippen LogP contribution in [0.25, 0.3) is 21.7 Å². The van der Waals surface area contributed by atoms with E-state index in [-0.39, 0.29) is 24.8 Å². The molecule has 0 atom stereocenters. The van der Waals surface area contributed by atoms with Crippen LogP contribution in [0.3, 0.4) is 0 Å². The number of halogens is 2. The van der Waals surface area contributed by atoms with Gasteiger partial charge in [-0.3, -0.25) is 0 Å². The van der Waals surface area contributed by atoms with Crippen LogP contribution in [0.5, 0.6) is 0 Å². The summed E-state index contributed by atoms with van der Waals surface area (Å²) < 4.78 is 0. The van der Waals surface area contributed by atoms with Gasteiger partial charge in [-0.2, -0.15) is 29.0 Å². The van der Waals surface area contributed by atoms with Crippen LogP contribution in [0.4, 0.5) is 0 Å². The Hall–Kier alpha value is -1.25. The minimum atomic E-state index is 0. The average molecular weight is 364 g/mol. The summed E-state index contributed by atoms with van der Waals surface area (Å²) in [5.74, 6) is 0. The topological polar surface area (TPSA) is 15.8 Å². The number of benzene rings is 2. The Kier molecular flexibility index (Phi) is 10.7. The molecule has 4 aromatic rings. The predicted molar refractivity (Wildman–Crippen MR) is 83.8 cm³/mol.